The molecule has 2 rings (SSSR count). The molecule has 0 saturated heterocycles. The van der Waals surface area contributed by atoms with Crippen molar-refractivity contribution in [3.05, 3.63) is 48.5 Å². The maximum absolute atomic E-state index is 11.5. The molecular weight excluding hydrogens is 206 g/mol. The lowest BCUT2D eigenvalue weighted by atomic mass is 10.4. The second kappa shape index (κ2) is 4.35. The molecule has 0 bridgehead atoms. The third kappa shape index (κ3) is 2.30. The summed E-state index contributed by atoms with van der Waals surface area (Å²) in [7, 11) is 0. The normalized spacial score (nSPS) is 9.75. The Kier molecular flexibility index (Phi) is 2.73. The third-order valence-corrected chi connectivity index (χ3v) is 1.93. The van der Waals surface area contributed by atoms with Crippen molar-refractivity contribution < 1.29 is 4.79 Å². The zero-order valence-electron chi connectivity index (χ0n) is 8.40. The number of aromatic nitrogens is 2. The predicted molar refractivity (Wildman–Crippen MR) is 59.8 cm³/mol. The van der Waals surface area contributed by atoms with E-state index in [1.807, 2.05) is 12.1 Å². The topological polar surface area (TPSA) is 85.7 Å². The average Bonchev–Trinajstić information content (AvgIpc) is 2.88. The highest BCUT2D eigenvalue weighted by Crippen LogP contribution is 1.93. The van der Waals surface area contributed by atoms with E-state index in [9.17, 15) is 4.79 Å². The summed E-state index contributed by atoms with van der Waals surface area (Å²) < 4.78 is 1.57. The first kappa shape index (κ1) is 10.0. The number of carbonyl (C=O) groups excluding carboxylic acids is 1. The second-order valence-corrected chi connectivity index (χ2v) is 3.12. The number of nitrogens with zero attached hydrogens (tertiary/aromatic N) is 1. The van der Waals surface area contributed by atoms with Gasteiger partial charge in [0, 0.05) is 18.6 Å². The fourth-order valence-corrected chi connectivity index (χ4v) is 1.22. The second-order valence-electron chi connectivity index (χ2n) is 3.12. The van der Waals surface area contributed by atoms with Crippen LogP contribution in [0.3, 0.4) is 0 Å². The summed E-state index contributed by atoms with van der Waals surface area (Å²) in [6.07, 6.45) is 5.11. The molecule has 0 saturated carbocycles. The highest BCUT2D eigenvalue weighted by Gasteiger charge is 2.07. The number of guanidine groups is 1. The number of hydrogen-bond donors (Lipinski definition) is 4. The minimum absolute atomic E-state index is 0.0872. The molecule has 6 nitrogen and oxygen atoms in total. The zero-order valence-corrected chi connectivity index (χ0v) is 8.40. The molecule has 0 aliphatic heterocycles. The highest BCUT2D eigenvalue weighted by atomic mass is 16.2. The van der Waals surface area contributed by atoms with Crippen molar-refractivity contribution in [3.63, 3.8) is 0 Å². The van der Waals surface area contributed by atoms with E-state index in [1.165, 1.54) is 0 Å². The minimum atomic E-state index is -0.352. The standard InChI is InChI=1S/C10H11N5O/c11-10(14-15-6-1-2-7-15)13-9(16)8-4-3-5-12-8/h1-7,12H,(H3,11,13,14,16). The molecule has 0 aromatic carbocycles. The van der Waals surface area contributed by atoms with Gasteiger partial charge >= 0.3 is 0 Å². The molecule has 4 N–H and O–H groups in total. The van der Waals surface area contributed by atoms with E-state index in [0.717, 1.165) is 0 Å². The fourth-order valence-electron chi connectivity index (χ4n) is 1.22. The lowest BCUT2D eigenvalue weighted by Gasteiger charge is -2.09. The van der Waals surface area contributed by atoms with Crippen LogP contribution in [0.15, 0.2) is 42.9 Å². The first-order valence-corrected chi connectivity index (χ1v) is 4.69. The van der Waals surface area contributed by atoms with E-state index < -0.39 is 0 Å². The van der Waals surface area contributed by atoms with Gasteiger partial charge in [0.25, 0.3) is 5.91 Å². The van der Waals surface area contributed by atoms with Crippen molar-refractivity contribution in [2.45, 2.75) is 0 Å². The van der Waals surface area contributed by atoms with E-state index in [2.05, 4.69) is 15.7 Å². The molecule has 2 aromatic rings. The summed E-state index contributed by atoms with van der Waals surface area (Å²) in [6.45, 7) is 0. The van der Waals surface area contributed by atoms with E-state index in [-0.39, 0.29) is 11.9 Å². The van der Waals surface area contributed by atoms with Crippen molar-refractivity contribution in [3.8, 4) is 0 Å². The minimum Gasteiger partial charge on any atom is -0.357 e. The number of nitrogens with one attached hydrogen (secondary N) is 4. The number of H-pyrrole nitrogens is 1. The van der Waals surface area contributed by atoms with E-state index in [1.54, 1.807) is 35.4 Å². The van der Waals surface area contributed by atoms with Crippen molar-refractivity contribution >= 4 is 11.9 Å². The van der Waals surface area contributed by atoms with Gasteiger partial charge in [0.1, 0.15) is 5.69 Å². The molecule has 0 unspecified atom stereocenters. The van der Waals surface area contributed by atoms with Gasteiger partial charge in [0.05, 0.1) is 0 Å². The molecular formula is C10H11N5O. The van der Waals surface area contributed by atoms with Crippen LogP contribution in [0.1, 0.15) is 10.5 Å². The van der Waals surface area contributed by atoms with Crippen LogP contribution >= 0.6 is 0 Å². The molecule has 1 amide bonds. The maximum atomic E-state index is 11.5. The van der Waals surface area contributed by atoms with Gasteiger partial charge < -0.3 is 4.98 Å². The quantitative estimate of drug-likeness (QED) is 0.441. The fraction of sp³-hybridized carbons (Fsp3) is 0. The monoisotopic (exact) mass is 217 g/mol. The number of hydrogen-bond acceptors (Lipinski definition) is 2. The van der Waals surface area contributed by atoms with Crippen LogP contribution in [0.5, 0.6) is 0 Å². The Bertz CT molecular complexity index is 471. The van der Waals surface area contributed by atoms with Crippen LogP contribution in [0.2, 0.25) is 0 Å². The molecule has 0 aliphatic rings. The van der Waals surface area contributed by atoms with Crippen LogP contribution in [0, 0.1) is 5.41 Å². The van der Waals surface area contributed by atoms with E-state index in [0.29, 0.717) is 5.69 Å². The smallest absolute Gasteiger partial charge is 0.274 e. The van der Waals surface area contributed by atoms with E-state index in [4.69, 9.17) is 5.41 Å². The molecule has 2 aromatic heterocycles. The highest BCUT2D eigenvalue weighted by molar-refractivity contribution is 6.06. The molecule has 0 aliphatic carbocycles. The molecule has 0 radical (unpaired) electrons. The Labute approximate surface area is 91.8 Å². The lowest BCUT2D eigenvalue weighted by Crippen LogP contribution is -2.38. The van der Waals surface area contributed by atoms with Gasteiger partial charge in [0.2, 0.25) is 5.96 Å². The van der Waals surface area contributed by atoms with Crippen molar-refractivity contribution in [1.82, 2.24) is 15.0 Å². The summed E-state index contributed by atoms with van der Waals surface area (Å²) in [4.78, 5) is 14.3. The first-order chi connectivity index (χ1) is 7.75. The first-order valence-electron chi connectivity index (χ1n) is 4.69. The summed E-state index contributed by atoms with van der Waals surface area (Å²) in [5.74, 6) is -0.439. The Hall–Kier alpha value is -2.50. The maximum Gasteiger partial charge on any atom is 0.274 e. The van der Waals surface area contributed by atoms with Gasteiger partial charge in [-0.3, -0.25) is 25.6 Å². The van der Waals surface area contributed by atoms with Gasteiger partial charge in [-0.2, -0.15) is 0 Å². The van der Waals surface area contributed by atoms with Gasteiger partial charge in [-0.15, -0.1) is 0 Å². The van der Waals surface area contributed by atoms with Crippen molar-refractivity contribution in [2.24, 2.45) is 0 Å². The molecule has 2 heterocycles. The van der Waals surface area contributed by atoms with Crippen LogP contribution in [-0.2, 0) is 0 Å². The SMILES string of the molecule is N=C(NC(=O)c1ccc[nH]1)Nn1cccc1. The molecule has 6 heteroatoms. The third-order valence-electron chi connectivity index (χ3n) is 1.93. The predicted octanol–water partition coefficient (Wildman–Crippen LogP) is 0.724. The molecule has 82 valence electrons. The Morgan fingerprint density at radius 3 is 2.69 bits per heavy atom. The van der Waals surface area contributed by atoms with E-state index >= 15 is 0 Å². The lowest BCUT2D eigenvalue weighted by molar-refractivity contribution is 0.0972. The summed E-state index contributed by atoms with van der Waals surface area (Å²) in [5, 5.41) is 9.92. The van der Waals surface area contributed by atoms with Crippen LogP contribution in [-0.4, -0.2) is 21.5 Å². The van der Waals surface area contributed by atoms with Crippen molar-refractivity contribution in [2.75, 3.05) is 5.43 Å². The number of aromatic amines is 1. The Morgan fingerprint density at radius 2 is 2.06 bits per heavy atom. The largest absolute Gasteiger partial charge is 0.357 e. The summed E-state index contributed by atoms with van der Waals surface area (Å²) in [5.41, 5.74) is 3.08. The molecule has 0 fully saturated rings. The molecule has 0 atom stereocenters. The Balaban J connectivity index is 1.91. The number of carbonyl (C=O) groups is 1. The number of rotatable bonds is 2. The van der Waals surface area contributed by atoms with Gasteiger partial charge in [-0.1, -0.05) is 0 Å². The van der Waals surface area contributed by atoms with Crippen LogP contribution < -0.4 is 10.7 Å². The van der Waals surface area contributed by atoms with Crippen LogP contribution in [0.25, 0.3) is 0 Å². The molecule has 0 spiro atoms. The van der Waals surface area contributed by atoms with Crippen LogP contribution in [0.4, 0.5) is 0 Å². The van der Waals surface area contributed by atoms with Crippen molar-refractivity contribution in [1.29, 1.82) is 5.41 Å². The number of amides is 1. The zero-order chi connectivity index (χ0) is 11.4. The summed E-state index contributed by atoms with van der Waals surface area (Å²) in [6, 6.07) is 6.98. The van der Waals surface area contributed by atoms with Gasteiger partial charge in [0.15, 0.2) is 0 Å². The average molecular weight is 217 g/mol. The summed E-state index contributed by atoms with van der Waals surface area (Å²) >= 11 is 0. The molecule has 16 heavy (non-hydrogen) atoms. The Morgan fingerprint density at radius 1 is 1.31 bits per heavy atom. The van der Waals surface area contributed by atoms with Gasteiger partial charge in [-0.05, 0) is 24.3 Å². The van der Waals surface area contributed by atoms with Gasteiger partial charge in [-0.25, -0.2) is 0 Å².